The van der Waals surface area contributed by atoms with E-state index in [4.69, 9.17) is 4.74 Å². The molecule has 2 aromatic carbocycles. The van der Waals surface area contributed by atoms with Gasteiger partial charge in [0.05, 0.1) is 18.2 Å². The van der Waals surface area contributed by atoms with Gasteiger partial charge in [0, 0.05) is 23.4 Å². The van der Waals surface area contributed by atoms with E-state index in [1.807, 2.05) is 41.8 Å². The third kappa shape index (κ3) is 2.40. The van der Waals surface area contributed by atoms with Crippen LogP contribution in [-0.2, 0) is 6.42 Å². The maximum Gasteiger partial charge on any atom is 0.126 e. The van der Waals surface area contributed by atoms with Crippen molar-refractivity contribution in [2.45, 2.75) is 12.5 Å². The molecular formula is C16H15NO2S. The number of nitrogens with zero attached hydrogens (tertiary/aromatic N) is 1. The van der Waals surface area contributed by atoms with E-state index in [-0.39, 0.29) is 0 Å². The standard InChI is InChI=1S/C16H15NO2S/c1-19-15-7-6-12(11-4-2-3-5-13(11)15)14(18)10-16-17-8-9-20-16/h2-9,14,18H,10H2,1H3. The molecule has 0 bridgehead atoms. The van der Waals surface area contributed by atoms with Crippen LogP contribution in [0.15, 0.2) is 48.0 Å². The molecule has 1 N–H and O–H groups in total. The van der Waals surface area contributed by atoms with Gasteiger partial charge >= 0.3 is 0 Å². The Balaban J connectivity index is 2.03. The maximum atomic E-state index is 10.5. The summed E-state index contributed by atoms with van der Waals surface area (Å²) < 4.78 is 5.38. The second kappa shape index (κ2) is 5.61. The highest BCUT2D eigenvalue weighted by Gasteiger charge is 2.15. The lowest BCUT2D eigenvalue weighted by molar-refractivity contribution is 0.180. The van der Waals surface area contributed by atoms with E-state index < -0.39 is 6.10 Å². The monoisotopic (exact) mass is 285 g/mol. The zero-order chi connectivity index (χ0) is 13.9. The average Bonchev–Trinajstić information content (AvgIpc) is 2.99. The van der Waals surface area contributed by atoms with E-state index in [2.05, 4.69) is 4.98 Å². The number of hydrogen-bond donors (Lipinski definition) is 1. The van der Waals surface area contributed by atoms with E-state index in [0.29, 0.717) is 6.42 Å². The zero-order valence-corrected chi connectivity index (χ0v) is 11.9. The van der Waals surface area contributed by atoms with E-state index >= 15 is 0 Å². The number of aromatic nitrogens is 1. The van der Waals surface area contributed by atoms with Crippen LogP contribution < -0.4 is 4.74 Å². The van der Waals surface area contributed by atoms with Crippen LogP contribution in [-0.4, -0.2) is 17.2 Å². The highest BCUT2D eigenvalue weighted by molar-refractivity contribution is 7.09. The summed E-state index contributed by atoms with van der Waals surface area (Å²) in [6, 6.07) is 11.8. The summed E-state index contributed by atoms with van der Waals surface area (Å²) in [5, 5.41) is 15.4. The topological polar surface area (TPSA) is 42.4 Å². The van der Waals surface area contributed by atoms with Crippen LogP contribution in [0.25, 0.3) is 10.8 Å². The fourth-order valence-electron chi connectivity index (χ4n) is 2.39. The summed E-state index contributed by atoms with van der Waals surface area (Å²) >= 11 is 1.56. The molecule has 1 unspecified atom stereocenters. The Morgan fingerprint density at radius 2 is 2.00 bits per heavy atom. The molecule has 3 aromatic rings. The van der Waals surface area contributed by atoms with Gasteiger partial charge in [-0.05, 0) is 17.0 Å². The highest BCUT2D eigenvalue weighted by Crippen LogP contribution is 2.32. The Hall–Kier alpha value is -1.91. The van der Waals surface area contributed by atoms with Crippen LogP contribution in [0.2, 0.25) is 0 Å². The largest absolute Gasteiger partial charge is 0.496 e. The number of aliphatic hydroxyl groups excluding tert-OH is 1. The number of methoxy groups -OCH3 is 1. The Morgan fingerprint density at radius 1 is 1.20 bits per heavy atom. The first kappa shape index (κ1) is 13.1. The summed E-state index contributed by atoms with van der Waals surface area (Å²) in [6.07, 6.45) is 1.74. The summed E-state index contributed by atoms with van der Waals surface area (Å²) in [5.41, 5.74) is 0.914. The third-order valence-corrected chi connectivity index (χ3v) is 4.15. The molecule has 0 saturated heterocycles. The molecule has 0 fully saturated rings. The molecule has 20 heavy (non-hydrogen) atoms. The Bertz CT molecular complexity index is 710. The van der Waals surface area contributed by atoms with E-state index in [1.54, 1.807) is 24.6 Å². The van der Waals surface area contributed by atoms with Gasteiger partial charge in [0.2, 0.25) is 0 Å². The number of rotatable bonds is 4. The predicted octanol–water partition coefficient (Wildman–Crippen LogP) is 3.58. The van der Waals surface area contributed by atoms with Crippen molar-refractivity contribution in [3.05, 3.63) is 58.5 Å². The smallest absolute Gasteiger partial charge is 0.126 e. The molecule has 1 aromatic heterocycles. The van der Waals surface area contributed by atoms with Gasteiger partial charge in [-0.2, -0.15) is 0 Å². The fourth-order valence-corrected chi connectivity index (χ4v) is 3.05. The highest BCUT2D eigenvalue weighted by atomic mass is 32.1. The van der Waals surface area contributed by atoms with Gasteiger partial charge in [-0.1, -0.05) is 30.3 Å². The van der Waals surface area contributed by atoms with Gasteiger partial charge in [-0.25, -0.2) is 4.98 Å². The minimum atomic E-state index is -0.558. The number of hydrogen-bond acceptors (Lipinski definition) is 4. The minimum Gasteiger partial charge on any atom is -0.496 e. The van der Waals surface area contributed by atoms with E-state index in [0.717, 1.165) is 27.1 Å². The molecule has 3 nitrogen and oxygen atoms in total. The normalized spacial score (nSPS) is 12.5. The first-order valence-electron chi connectivity index (χ1n) is 6.41. The van der Waals surface area contributed by atoms with Gasteiger partial charge < -0.3 is 9.84 Å². The predicted molar refractivity (Wildman–Crippen MR) is 81.3 cm³/mol. The molecule has 4 heteroatoms. The molecule has 3 rings (SSSR count). The SMILES string of the molecule is COc1ccc(C(O)Cc2nccs2)c2ccccc12. The molecule has 0 saturated carbocycles. The van der Waals surface area contributed by atoms with Crippen LogP contribution in [0.3, 0.4) is 0 Å². The quantitative estimate of drug-likeness (QED) is 0.796. The van der Waals surface area contributed by atoms with Gasteiger partial charge in [0.1, 0.15) is 5.75 Å². The van der Waals surface area contributed by atoms with Crippen molar-refractivity contribution < 1.29 is 9.84 Å². The van der Waals surface area contributed by atoms with Crippen LogP contribution in [0.4, 0.5) is 0 Å². The first-order chi connectivity index (χ1) is 9.79. The lowest BCUT2D eigenvalue weighted by Crippen LogP contribution is -2.02. The van der Waals surface area contributed by atoms with Gasteiger partial charge in [0.25, 0.3) is 0 Å². The molecule has 0 spiro atoms. The van der Waals surface area contributed by atoms with Crippen molar-refractivity contribution in [3.63, 3.8) is 0 Å². The molecule has 0 aliphatic heterocycles. The van der Waals surface area contributed by atoms with Gasteiger partial charge in [0.15, 0.2) is 0 Å². The average molecular weight is 285 g/mol. The molecule has 102 valence electrons. The molecule has 1 atom stereocenters. The Labute approximate surface area is 121 Å². The lowest BCUT2D eigenvalue weighted by Gasteiger charge is -2.14. The second-order valence-electron chi connectivity index (χ2n) is 4.55. The van der Waals surface area contributed by atoms with Crippen LogP contribution >= 0.6 is 11.3 Å². The fraction of sp³-hybridized carbons (Fsp3) is 0.188. The van der Waals surface area contributed by atoms with Crippen LogP contribution in [0.5, 0.6) is 5.75 Å². The van der Waals surface area contributed by atoms with Crippen molar-refractivity contribution >= 4 is 22.1 Å². The second-order valence-corrected chi connectivity index (χ2v) is 5.53. The molecule has 0 aliphatic carbocycles. The van der Waals surface area contributed by atoms with E-state index in [1.165, 1.54) is 0 Å². The van der Waals surface area contributed by atoms with Gasteiger partial charge in [-0.3, -0.25) is 0 Å². The van der Waals surface area contributed by atoms with Crippen molar-refractivity contribution in [2.75, 3.05) is 7.11 Å². The number of benzene rings is 2. The number of fused-ring (bicyclic) bond motifs is 1. The third-order valence-electron chi connectivity index (χ3n) is 3.35. The summed E-state index contributed by atoms with van der Waals surface area (Å²) in [6.45, 7) is 0. The number of thiazole rings is 1. The zero-order valence-electron chi connectivity index (χ0n) is 11.1. The Morgan fingerprint density at radius 3 is 2.70 bits per heavy atom. The van der Waals surface area contributed by atoms with Crippen LogP contribution in [0.1, 0.15) is 16.7 Å². The first-order valence-corrected chi connectivity index (χ1v) is 7.29. The lowest BCUT2D eigenvalue weighted by atomic mass is 9.98. The summed E-state index contributed by atoms with van der Waals surface area (Å²) in [4.78, 5) is 4.23. The molecular weight excluding hydrogens is 270 g/mol. The minimum absolute atomic E-state index is 0.536. The molecule has 0 aliphatic rings. The van der Waals surface area contributed by atoms with Crippen molar-refractivity contribution in [1.82, 2.24) is 4.98 Å². The van der Waals surface area contributed by atoms with Crippen LogP contribution in [0, 0.1) is 0 Å². The van der Waals surface area contributed by atoms with Crippen molar-refractivity contribution in [3.8, 4) is 5.75 Å². The van der Waals surface area contributed by atoms with Crippen molar-refractivity contribution in [1.29, 1.82) is 0 Å². The number of ether oxygens (including phenoxy) is 1. The molecule has 0 amide bonds. The van der Waals surface area contributed by atoms with Gasteiger partial charge in [-0.15, -0.1) is 11.3 Å². The molecule has 0 radical (unpaired) electrons. The summed E-state index contributed by atoms with van der Waals surface area (Å²) in [7, 11) is 1.66. The van der Waals surface area contributed by atoms with Crippen molar-refractivity contribution in [2.24, 2.45) is 0 Å². The van der Waals surface area contributed by atoms with E-state index in [9.17, 15) is 5.11 Å². The molecule has 1 heterocycles. The number of aliphatic hydroxyl groups is 1. The maximum absolute atomic E-state index is 10.5. The summed E-state index contributed by atoms with van der Waals surface area (Å²) in [5.74, 6) is 0.825. The Kier molecular flexibility index (Phi) is 3.67.